The zero-order chi connectivity index (χ0) is 12.3. The van der Waals surface area contributed by atoms with E-state index < -0.39 is 0 Å². The van der Waals surface area contributed by atoms with Gasteiger partial charge in [-0.3, -0.25) is 0 Å². The SMILES string of the molecule is N#Cc1c(Cc2ccccc2)[nH]c(N)nc1=S. The molecule has 2 rings (SSSR count). The summed E-state index contributed by atoms with van der Waals surface area (Å²) in [7, 11) is 0. The molecular weight excluding hydrogens is 232 g/mol. The van der Waals surface area contributed by atoms with Crippen molar-refractivity contribution in [2.45, 2.75) is 6.42 Å². The van der Waals surface area contributed by atoms with Gasteiger partial charge in [0.25, 0.3) is 0 Å². The Morgan fingerprint density at radius 2 is 2.06 bits per heavy atom. The second-order valence-corrected chi connectivity index (χ2v) is 3.94. The van der Waals surface area contributed by atoms with E-state index in [1.165, 1.54) is 0 Å². The molecule has 0 radical (unpaired) electrons. The van der Waals surface area contributed by atoms with Crippen LogP contribution in [0.15, 0.2) is 30.3 Å². The lowest BCUT2D eigenvalue weighted by molar-refractivity contribution is 1.02. The number of nitrogen functional groups attached to an aromatic ring is 1. The van der Waals surface area contributed by atoms with Crippen LogP contribution in [0.25, 0.3) is 0 Å². The number of aromatic nitrogens is 2. The van der Waals surface area contributed by atoms with Crippen LogP contribution in [0.3, 0.4) is 0 Å². The van der Waals surface area contributed by atoms with Crippen LogP contribution in [0, 0.1) is 16.0 Å². The fourth-order valence-corrected chi connectivity index (χ4v) is 1.85. The van der Waals surface area contributed by atoms with Gasteiger partial charge in [-0.2, -0.15) is 5.26 Å². The molecule has 1 aromatic carbocycles. The molecule has 5 heteroatoms. The van der Waals surface area contributed by atoms with Gasteiger partial charge in [0.15, 0.2) is 5.95 Å². The maximum atomic E-state index is 9.05. The molecular formula is C12H10N4S. The van der Waals surface area contributed by atoms with Crippen LogP contribution in [-0.2, 0) is 6.42 Å². The van der Waals surface area contributed by atoms with Gasteiger partial charge in [0.1, 0.15) is 16.3 Å². The maximum absolute atomic E-state index is 9.05. The molecule has 0 fully saturated rings. The molecule has 0 aliphatic carbocycles. The lowest BCUT2D eigenvalue weighted by Gasteiger charge is -2.05. The van der Waals surface area contributed by atoms with Gasteiger partial charge in [-0.15, -0.1) is 0 Å². The highest BCUT2D eigenvalue weighted by Gasteiger charge is 2.07. The number of benzene rings is 1. The van der Waals surface area contributed by atoms with E-state index in [9.17, 15) is 0 Å². The Morgan fingerprint density at radius 3 is 2.71 bits per heavy atom. The van der Waals surface area contributed by atoms with Crippen LogP contribution < -0.4 is 5.73 Å². The van der Waals surface area contributed by atoms with E-state index in [0.29, 0.717) is 17.7 Å². The predicted molar refractivity (Wildman–Crippen MR) is 67.8 cm³/mol. The fraction of sp³-hybridized carbons (Fsp3) is 0.0833. The number of nitriles is 1. The largest absolute Gasteiger partial charge is 0.369 e. The number of anilines is 1. The molecule has 0 amide bonds. The molecule has 0 aliphatic rings. The third-order valence-electron chi connectivity index (χ3n) is 2.35. The van der Waals surface area contributed by atoms with Crippen molar-refractivity contribution in [1.29, 1.82) is 5.26 Å². The number of hydrogen-bond acceptors (Lipinski definition) is 4. The Kier molecular flexibility index (Phi) is 3.17. The van der Waals surface area contributed by atoms with Gasteiger partial charge in [-0.05, 0) is 5.56 Å². The molecule has 2 aromatic rings. The third-order valence-corrected chi connectivity index (χ3v) is 2.65. The van der Waals surface area contributed by atoms with Gasteiger partial charge >= 0.3 is 0 Å². The molecule has 0 unspecified atom stereocenters. The van der Waals surface area contributed by atoms with E-state index in [1.807, 2.05) is 30.3 Å². The highest BCUT2D eigenvalue weighted by atomic mass is 32.1. The summed E-state index contributed by atoms with van der Waals surface area (Å²) < 4.78 is 0.245. The number of H-pyrrole nitrogens is 1. The zero-order valence-corrected chi connectivity index (χ0v) is 9.79. The summed E-state index contributed by atoms with van der Waals surface area (Å²) in [4.78, 5) is 6.75. The minimum absolute atomic E-state index is 0.236. The number of nitrogens with zero attached hydrogens (tertiary/aromatic N) is 2. The average molecular weight is 242 g/mol. The number of hydrogen-bond donors (Lipinski definition) is 2. The van der Waals surface area contributed by atoms with Crippen LogP contribution in [-0.4, -0.2) is 9.97 Å². The number of rotatable bonds is 2. The number of nitrogens with one attached hydrogen (secondary N) is 1. The van der Waals surface area contributed by atoms with Gasteiger partial charge in [0.05, 0.1) is 0 Å². The van der Waals surface area contributed by atoms with Gasteiger partial charge < -0.3 is 10.7 Å². The number of nitrogens with two attached hydrogens (primary N) is 1. The Bertz CT molecular complexity index is 625. The second kappa shape index (κ2) is 4.76. The Morgan fingerprint density at radius 1 is 1.35 bits per heavy atom. The van der Waals surface area contributed by atoms with Gasteiger partial charge in [0.2, 0.25) is 0 Å². The van der Waals surface area contributed by atoms with Crippen LogP contribution in [0.4, 0.5) is 5.95 Å². The Balaban J connectivity index is 2.46. The van der Waals surface area contributed by atoms with Crippen molar-refractivity contribution in [2.75, 3.05) is 5.73 Å². The second-order valence-electron chi connectivity index (χ2n) is 3.55. The molecule has 0 aliphatic heterocycles. The molecule has 0 saturated carbocycles. The first-order chi connectivity index (χ1) is 8.20. The van der Waals surface area contributed by atoms with Crippen LogP contribution >= 0.6 is 12.2 Å². The van der Waals surface area contributed by atoms with Crippen LogP contribution in [0.5, 0.6) is 0 Å². The Labute approximate surface area is 104 Å². The Hall–Kier alpha value is -2.19. The fourth-order valence-electron chi connectivity index (χ4n) is 1.59. The summed E-state index contributed by atoms with van der Waals surface area (Å²) in [5, 5.41) is 9.05. The summed E-state index contributed by atoms with van der Waals surface area (Å²) in [6.07, 6.45) is 0.583. The molecule has 0 bridgehead atoms. The first-order valence-corrected chi connectivity index (χ1v) is 5.44. The minimum Gasteiger partial charge on any atom is -0.369 e. The molecule has 84 valence electrons. The predicted octanol–water partition coefficient (Wildman–Crippen LogP) is 2.18. The lowest BCUT2D eigenvalue weighted by Crippen LogP contribution is -2.04. The normalized spacial score (nSPS) is 9.82. The molecule has 0 spiro atoms. The summed E-state index contributed by atoms with van der Waals surface area (Å²) in [6.45, 7) is 0. The monoisotopic (exact) mass is 242 g/mol. The zero-order valence-electron chi connectivity index (χ0n) is 8.97. The summed E-state index contributed by atoms with van der Waals surface area (Å²) in [5.41, 5.74) is 7.77. The van der Waals surface area contributed by atoms with Crippen molar-refractivity contribution in [2.24, 2.45) is 0 Å². The van der Waals surface area contributed by atoms with Crippen molar-refractivity contribution in [3.63, 3.8) is 0 Å². The molecule has 1 aromatic heterocycles. The van der Waals surface area contributed by atoms with Gasteiger partial charge in [0, 0.05) is 12.1 Å². The van der Waals surface area contributed by atoms with Gasteiger partial charge in [-0.25, -0.2) is 4.98 Å². The first kappa shape index (κ1) is 11.3. The van der Waals surface area contributed by atoms with Crippen molar-refractivity contribution >= 4 is 18.2 Å². The smallest absolute Gasteiger partial charge is 0.199 e. The standard InChI is InChI=1S/C12H10N4S/c13-7-9-10(15-12(14)16-11(9)17)6-8-4-2-1-3-5-8/h1-5H,6H2,(H3,14,15,16,17). The van der Waals surface area contributed by atoms with E-state index in [2.05, 4.69) is 16.0 Å². The van der Waals surface area contributed by atoms with E-state index in [1.54, 1.807) is 0 Å². The van der Waals surface area contributed by atoms with Crippen LogP contribution in [0.1, 0.15) is 16.8 Å². The highest BCUT2D eigenvalue weighted by molar-refractivity contribution is 7.71. The molecule has 4 nitrogen and oxygen atoms in total. The summed E-state index contributed by atoms with van der Waals surface area (Å²) >= 11 is 5.01. The quantitative estimate of drug-likeness (QED) is 0.791. The number of aromatic amines is 1. The first-order valence-electron chi connectivity index (χ1n) is 5.03. The topological polar surface area (TPSA) is 78.5 Å². The van der Waals surface area contributed by atoms with Crippen molar-refractivity contribution < 1.29 is 0 Å². The lowest BCUT2D eigenvalue weighted by atomic mass is 10.1. The molecule has 17 heavy (non-hydrogen) atoms. The maximum Gasteiger partial charge on any atom is 0.199 e. The molecule has 1 heterocycles. The van der Waals surface area contributed by atoms with E-state index >= 15 is 0 Å². The molecule has 0 atom stereocenters. The van der Waals surface area contributed by atoms with E-state index in [4.69, 9.17) is 23.2 Å². The molecule has 3 N–H and O–H groups in total. The van der Waals surface area contributed by atoms with Crippen LogP contribution in [0.2, 0.25) is 0 Å². The third kappa shape index (κ3) is 2.49. The average Bonchev–Trinajstić information content (AvgIpc) is 2.30. The minimum atomic E-state index is 0.236. The molecule has 0 saturated heterocycles. The highest BCUT2D eigenvalue weighted by Crippen LogP contribution is 2.13. The van der Waals surface area contributed by atoms with Gasteiger partial charge in [-0.1, -0.05) is 42.5 Å². The van der Waals surface area contributed by atoms with Crippen molar-refractivity contribution in [3.8, 4) is 6.07 Å². The van der Waals surface area contributed by atoms with E-state index in [0.717, 1.165) is 5.56 Å². The van der Waals surface area contributed by atoms with Crippen molar-refractivity contribution in [1.82, 2.24) is 9.97 Å². The summed E-state index contributed by atoms with van der Waals surface area (Å²) in [5.74, 6) is 0.236. The van der Waals surface area contributed by atoms with Crippen molar-refractivity contribution in [3.05, 3.63) is 51.8 Å². The van der Waals surface area contributed by atoms with E-state index in [-0.39, 0.29) is 10.6 Å². The summed E-state index contributed by atoms with van der Waals surface area (Å²) in [6, 6.07) is 11.9.